The van der Waals surface area contributed by atoms with Crippen LogP contribution >= 0.6 is 22.6 Å². The normalized spacial score (nSPS) is 12.2. The number of benzene rings is 1. The Balaban J connectivity index is 2.65. The maximum absolute atomic E-state index is 11.2. The van der Waals surface area contributed by atoms with Gasteiger partial charge in [-0.15, -0.1) is 0 Å². The SMILES string of the molecule is C[C@H](N)C(=O)Nc1ccc(I)cc1. The highest BCUT2D eigenvalue weighted by Crippen LogP contribution is 2.10. The first kappa shape index (κ1) is 10.5. The van der Waals surface area contributed by atoms with E-state index in [0.29, 0.717) is 0 Å². The molecule has 4 heteroatoms. The summed E-state index contributed by atoms with van der Waals surface area (Å²) in [5, 5.41) is 2.70. The highest BCUT2D eigenvalue weighted by Gasteiger charge is 2.06. The molecule has 3 nitrogen and oxygen atoms in total. The molecule has 0 saturated heterocycles. The summed E-state index contributed by atoms with van der Waals surface area (Å²) < 4.78 is 1.14. The topological polar surface area (TPSA) is 55.1 Å². The monoisotopic (exact) mass is 290 g/mol. The smallest absolute Gasteiger partial charge is 0.240 e. The van der Waals surface area contributed by atoms with Crippen molar-refractivity contribution in [2.45, 2.75) is 13.0 Å². The number of rotatable bonds is 2. The molecule has 1 aromatic rings. The summed E-state index contributed by atoms with van der Waals surface area (Å²) in [7, 11) is 0. The minimum Gasteiger partial charge on any atom is -0.325 e. The summed E-state index contributed by atoms with van der Waals surface area (Å²) >= 11 is 2.21. The second-order valence-electron chi connectivity index (χ2n) is 2.78. The molecule has 0 unspecified atom stereocenters. The van der Waals surface area contributed by atoms with Crippen molar-refractivity contribution in [2.24, 2.45) is 5.73 Å². The maximum Gasteiger partial charge on any atom is 0.240 e. The van der Waals surface area contributed by atoms with E-state index in [1.165, 1.54) is 0 Å². The summed E-state index contributed by atoms with van der Waals surface area (Å²) in [6.45, 7) is 1.65. The van der Waals surface area contributed by atoms with Gasteiger partial charge in [-0.1, -0.05) is 0 Å². The molecule has 0 radical (unpaired) electrons. The highest BCUT2D eigenvalue weighted by molar-refractivity contribution is 14.1. The van der Waals surface area contributed by atoms with E-state index in [1.54, 1.807) is 6.92 Å². The van der Waals surface area contributed by atoms with Crippen LogP contribution in [0.2, 0.25) is 0 Å². The lowest BCUT2D eigenvalue weighted by molar-refractivity contribution is -0.117. The zero-order valence-corrected chi connectivity index (χ0v) is 9.41. The van der Waals surface area contributed by atoms with Crippen LogP contribution in [0, 0.1) is 3.57 Å². The lowest BCUT2D eigenvalue weighted by atomic mass is 10.3. The molecule has 1 aromatic carbocycles. The van der Waals surface area contributed by atoms with Gasteiger partial charge in [0.25, 0.3) is 0 Å². The third kappa shape index (κ3) is 3.31. The average molecular weight is 290 g/mol. The maximum atomic E-state index is 11.2. The van der Waals surface area contributed by atoms with E-state index >= 15 is 0 Å². The Morgan fingerprint density at radius 1 is 1.46 bits per heavy atom. The lowest BCUT2D eigenvalue weighted by Crippen LogP contribution is -2.32. The van der Waals surface area contributed by atoms with E-state index in [9.17, 15) is 4.79 Å². The minimum absolute atomic E-state index is 0.166. The molecule has 3 N–H and O–H groups in total. The molecule has 0 spiro atoms. The lowest BCUT2D eigenvalue weighted by Gasteiger charge is -2.07. The van der Waals surface area contributed by atoms with Gasteiger partial charge in [-0.3, -0.25) is 4.79 Å². The number of anilines is 1. The van der Waals surface area contributed by atoms with Crippen LogP contribution in [0.5, 0.6) is 0 Å². The number of carbonyl (C=O) groups excluding carboxylic acids is 1. The average Bonchev–Trinajstić information content (AvgIpc) is 2.08. The Morgan fingerprint density at radius 2 is 2.00 bits per heavy atom. The van der Waals surface area contributed by atoms with E-state index in [2.05, 4.69) is 27.9 Å². The van der Waals surface area contributed by atoms with Crippen LogP contribution in [0.4, 0.5) is 5.69 Å². The molecule has 0 aromatic heterocycles. The molecule has 0 saturated carbocycles. The molecular formula is C9H11IN2O. The molecule has 0 aliphatic rings. The fraction of sp³-hybridized carbons (Fsp3) is 0.222. The van der Waals surface area contributed by atoms with E-state index in [1.807, 2.05) is 24.3 Å². The van der Waals surface area contributed by atoms with Crippen molar-refractivity contribution in [3.8, 4) is 0 Å². The Hall–Kier alpha value is -0.620. The van der Waals surface area contributed by atoms with Gasteiger partial charge in [0.05, 0.1) is 6.04 Å². The molecule has 0 heterocycles. The molecule has 1 amide bonds. The number of carbonyl (C=O) groups is 1. The fourth-order valence-corrected chi connectivity index (χ4v) is 1.15. The first-order chi connectivity index (χ1) is 6.09. The zero-order chi connectivity index (χ0) is 9.84. The van der Waals surface area contributed by atoms with Crippen molar-refractivity contribution >= 4 is 34.2 Å². The molecule has 0 fully saturated rings. The van der Waals surface area contributed by atoms with Gasteiger partial charge in [0, 0.05) is 9.26 Å². The van der Waals surface area contributed by atoms with Crippen molar-refractivity contribution in [3.05, 3.63) is 27.8 Å². The van der Waals surface area contributed by atoms with Gasteiger partial charge in [0.1, 0.15) is 0 Å². The Kier molecular flexibility index (Phi) is 3.68. The quantitative estimate of drug-likeness (QED) is 0.812. The third-order valence-electron chi connectivity index (χ3n) is 1.53. The summed E-state index contributed by atoms with van der Waals surface area (Å²) in [4.78, 5) is 11.2. The van der Waals surface area contributed by atoms with Crippen LogP contribution < -0.4 is 11.1 Å². The van der Waals surface area contributed by atoms with Gasteiger partial charge in [-0.05, 0) is 53.8 Å². The van der Waals surface area contributed by atoms with Gasteiger partial charge < -0.3 is 11.1 Å². The Labute approximate surface area is 90.8 Å². The number of amides is 1. The molecule has 0 aliphatic carbocycles. The van der Waals surface area contributed by atoms with Gasteiger partial charge in [0.15, 0.2) is 0 Å². The van der Waals surface area contributed by atoms with Crippen molar-refractivity contribution in [2.75, 3.05) is 5.32 Å². The van der Waals surface area contributed by atoms with Crippen molar-refractivity contribution < 1.29 is 4.79 Å². The highest BCUT2D eigenvalue weighted by atomic mass is 127. The second-order valence-corrected chi connectivity index (χ2v) is 4.03. The van der Waals surface area contributed by atoms with E-state index in [-0.39, 0.29) is 5.91 Å². The Bertz CT molecular complexity index is 295. The number of halogens is 1. The van der Waals surface area contributed by atoms with Gasteiger partial charge in [0.2, 0.25) is 5.91 Å². The summed E-state index contributed by atoms with van der Waals surface area (Å²) in [5.74, 6) is -0.166. The molecular weight excluding hydrogens is 279 g/mol. The predicted molar refractivity (Wildman–Crippen MR) is 61.4 cm³/mol. The fourth-order valence-electron chi connectivity index (χ4n) is 0.789. The number of hydrogen-bond acceptors (Lipinski definition) is 2. The van der Waals surface area contributed by atoms with Crippen LogP contribution in [0.3, 0.4) is 0 Å². The van der Waals surface area contributed by atoms with E-state index in [0.717, 1.165) is 9.26 Å². The number of nitrogens with two attached hydrogens (primary N) is 1. The first-order valence-corrected chi connectivity index (χ1v) is 4.99. The zero-order valence-electron chi connectivity index (χ0n) is 7.25. The summed E-state index contributed by atoms with van der Waals surface area (Å²) in [5.41, 5.74) is 6.18. The van der Waals surface area contributed by atoms with Crippen molar-refractivity contribution in [1.29, 1.82) is 0 Å². The molecule has 1 atom stereocenters. The van der Waals surface area contributed by atoms with Crippen LogP contribution in [-0.4, -0.2) is 11.9 Å². The standard InChI is InChI=1S/C9H11IN2O/c1-6(11)9(13)12-8-4-2-7(10)3-5-8/h2-6H,11H2,1H3,(H,12,13)/t6-/m0/s1. The largest absolute Gasteiger partial charge is 0.325 e. The van der Waals surface area contributed by atoms with Crippen LogP contribution in [-0.2, 0) is 4.79 Å². The van der Waals surface area contributed by atoms with Gasteiger partial charge in [-0.2, -0.15) is 0 Å². The molecule has 0 bridgehead atoms. The molecule has 1 rings (SSSR count). The predicted octanol–water partition coefficient (Wildman–Crippen LogP) is 1.58. The van der Waals surface area contributed by atoms with Gasteiger partial charge in [-0.25, -0.2) is 0 Å². The number of hydrogen-bond donors (Lipinski definition) is 2. The summed E-state index contributed by atoms with van der Waals surface area (Å²) in [6, 6.07) is 7.08. The van der Waals surface area contributed by atoms with E-state index in [4.69, 9.17) is 5.73 Å². The number of nitrogens with one attached hydrogen (secondary N) is 1. The second kappa shape index (κ2) is 4.57. The van der Waals surface area contributed by atoms with Crippen LogP contribution in [0.15, 0.2) is 24.3 Å². The van der Waals surface area contributed by atoms with Crippen LogP contribution in [0.1, 0.15) is 6.92 Å². The van der Waals surface area contributed by atoms with Gasteiger partial charge >= 0.3 is 0 Å². The van der Waals surface area contributed by atoms with E-state index < -0.39 is 6.04 Å². The molecule has 0 aliphatic heterocycles. The first-order valence-electron chi connectivity index (χ1n) is 3.91. The Morgan fingerprint density at radius 3 is 2.46 bits per heavy atom. The van der Waals surface area contributed by atoms with Crippen molar-refractivity contribution in [1.82, 2.24) is 0 Å². The van der Waals surface area contributed by atoms with Crippen LogP contribution in [0.25, 0.3) is 0 Å². The molecule has 13 heavy (non-hydrogen) atoms. The van der Waals surface area contributed by atoms with Crippen molar-refractivity contribution in [3.63, 3.8) is 0 Å². The summed E-state index contributed by atoms with van der Waals surface area (Å²) in [6.07, 6.45) is 0. The minimum atomic E-state index is -0.473. The third-order valence-corrected chi connectivity index (χ3v) is 2.24. The molecule has 70 valence electrons.